The number of imidazole rings is 1. The molecule has 4 N–H and O–H groups in total. The van der Waals surface area contributed by atoms with Crippen molar-refractivity contribution in [3.8, 4) is 6.07 Å². The standard InChI is InChI=1S/C40H39F5N10O4/c1-52-34-29(5-3-6-30(34)55(37(52)59)31-12-13-33(56)51-36(31)58)54-21-39(41,42)38(54)19-53(20-38)18-22-8-10-25(11-9-22)48-17-24-15-28(23(16-46)14-26(24)47)50-35(57)27-4-2-7-32(49-27)40(43,44)45/h2-7,14-15,17,22,25,31H,8-13,18-21,47H2,1H3,(H,50,57)(H,51,56,58). The van der Waals surface area contributed by atoms with Crippen molar-refractivity contribution in [2.45, 2.75) is 68.2 Å². The molecule has 3 amide bonds. The first-order valence-corrected chi connectivity index (χ1v) is 19.1. The van der Waals surface area contributed by atoms with Crippen LogP contribution in [0, 0.1) is 17.2 Å². The number of nitrogens with zero attached hydrogens (tertiary/aromatic N) is 7. The van der Waals surface area contributed by atoms with Gasteiger partial charge >= 0.3 is 11.9 Å². The lowest BCUT2D eigenvalue weighted by Gasteiger charge is -2.67. The van der Waals surface area contributed by atoms with Crippen molar-refractivity contribution in [3.63, 3.8) is 0 Å². The summed E-state index contributed by atoms with van der Waals surface area (Å²) in [5.41, 5.74) is 4.58. The maximum absolute atomic E-state index is 15.5. The molecule has 14 nitrogen and oxygen atoms in total. The molecule has 4 aromatic rings. The number of imide groups is 1. The number of nitrogens with one attached hydrogen (secondary N) is 2. The van der Waals surface area contributed by atoms with Gasteiger partial charge in [0.05, 0.1) is 34.5 Å². The van der Waals surface area contributed by atoms with Gasteiger partial charge in [-0.1, -0.05) is 12.1 Å². The SMILES string of the molecule is Cn1c(=O)n(C2CCC(=O)NC2=O)c2cccc(N3CC(F)(F)C34CN(CC3CCC(N=Cc5cc(NC(=O)c6cccc(C(F)(F)F)n6)c(C#N)cc5N)CC3)C4)c21. The highest BCUT2D eigenvalue weighted by Gasteiger charge is 2.72. The molecule has 2 aromatic carbocycles. The molecule has 1 spiro atoms. The lowest BCUT2D eigenvalue weighted by molar-refractivity contribution is -0.186. The number of likely N-dealkylation sites (tertiary alicyclic amines) is 1. The molecule has 0 radical (unpaired) electrons. The molecule has 1 aliphatic carbocycles. The van der Waals surface area contributed by atoms with E-state index in [1.807, 2.05) is 11.0 Å². The second kappa shape index (κ2) is 14.6. The van der Waals surface area contributed by atoms with Crippen LogP contribution in [0.4, 0.5) is 39.0 Å². The van der Waals surface area contributed by atoms with Crippen molar-refractivity contribution in [2.24, 2.45) is 18.0 Å². The zero-order chi connectivity index (χ0) is 42.0. The monoisotopic (exact) mass is 818 g/mol. The van der Waals surface area contributed by atoms with Crippen LogP contribution < -0.4 is 27.0 Å². The molecular weight excluding hydrogens is 779 g/mol. The molecular formula is C40H39F5N10O4. The normalized spacial score (nSPS) is 22.9. The number of halogens is 5. The second-order valence-electron chi connectivity index (χ2n) is 15.8. The molecule has 3 aliphatic heterocycles. The van der Waals surface area contributed by atoms with Gasteiger partial charge in [0, 0.05) is 56.6 Å². The second-order valence-corrected chi connectivity index (χ2v) is 15.8. The molecule has 1 saturated carbocycles. The minimum absolute atomic E-state index is 0.00239. The van der Waals surface area contributed by atoms with Gasteiger partial charge in [0.1, 0.15) is 29.0 Å². The van der Waals surface area contributed by atoms with E-state index < -0.39 is 65.0 Å². The van der Waals surface area contributed by atoms with Gasteiger partial charge in [-0.05, 0) is 74.4 Å². The number of para-hydroxylation sites is 1. The first-order chi connectivity index (χ1) is 28.0. The van der Waals surface area contributed by atoms with Crippen LogP contribution in [0.15, 0.2) is 58.3 Å². The number of aliphatic imine (C=N–C) groups is 1. The van der Waals surface area contributed by atoms with Crippen molar-refractivity contribution < 1.29 is 36.3 Å². The number of hydrogen-bond donors (Lipinski definition) is 3. The Morgan fingerprint density at radius 3 is 2.47 bits per heavy atom. The summed E-state index contributed by atoms with van der Waals surface area (Å²) in [6.07, 6.45) is 0.0926. The smallest absolute Gasteiger partial charge is 0.398 e. The van der Waals surface area contributed by atoms with Gasteiger partial charge < -0.3 is 16.0 Å². The summed E-state index contributed by atoms with van der Waals surface area (Å²) in [5, 5.41) is 14.4. The zero-order valence-corrected chi connectivity index (χ0v) is 31.7. The first-order valence-electron chi connectivity index (χ1n) is 19.1. The maximum Gasteiger partial charge on any atom is 0.433 e. The fraction of sp³-hybridized carbons (Fsp3) is 0.425. The first kappa shape index (κ1) is 39.7. The van der Waals surface area contributed by atoms with Crippen molar-refractivity contribution in [1.82, 2.24) is 24.3 Å². The van der Waals surface area contributed by atoms with Crippen molar-refractivity contribution in [2.75, 3.05) is 42.1 Å². The number of carbonyl (C=O) groups is 3. The number of pyridine rings is 1. The molecule has 5 heterocycles. The van der Waals surface area contributed by atoms with E-state index in [4.69, 9.17) is 10.7 Å². The van der Waals surface area contributed by atoms with E-state index in [-0.39, 0.29) is 54.8 Å². The number of aryl methyl sites for hydroxylation is 1. The van der Waals surface area contributed by atoms with Gasteiger partial charge in [-0.15, -0.1) is 0 Å². The number of fused-ring (bicyclic) bond motifs is 1. The Bertz CT molecular complexity index is 2510. The quantitative estimate of drug-likeness (QED) is 0.0989. The lowest BCUT2D eigenvalue weighted by Crippen LogP contribution is -2.88. The number of hydrogen-bond acceptors (Lipinski definition) is 10. The van der Waals surface area contributed by atoms with E-state index in [9.17, 15) is 37.6 Å². The maximum atomic E-state index is 15.5. The number of piperidine rings is 1. The summed E-state index contributed by atoms with van der Waals surface area (Å²) in [7, 11) is 1.55. The van der Waals surface area contributed by atoms with Gasteiger partial charge in [-0.3, -0.25) is 38.7 Å². The highest BCUT2D eigenvalue weighted by atomic mass is 19.4. The van der Waals surface area contributed by atoms with Crippen LogP contribution in [0.2, 0.25) is 0 Å². The Morgan fingerprint density at radius 2 is 1.80 bits per heavy atom. The predicted molar refractivity (Wildman–Crippen MR) is 206 cm³/mol. The van der Waals surface area contributed by atoms with E-state index in [2.05, 4.69) is 15.6 Å². The summed E-state index contributed by atoms with van der Waals surface area (Å²) < 4.78 is 73.2. The molecule has 1 atom stereocenters. The van der Waals surface area contributed by atoms with E-state index >= 15 is 8.78 Å². The van der Waals surface area contributed by atoms with Crippen LogP contribution in [0.5, 0.6) is 0 Å². The van der Waals surface area contributed by atoms with Crippen molar-refractivity contribution in [1.29, 1.82) is 5.26 Å². The van der Waals surface area contributed by atoms with Crippen molar-refractivity contribution in [3.05, 3.63) is 81.5 Å². The fourth-order valence-corrected chi connectivity index (χ4v) is 8.88. The molecule has 1 unspecified atom stereocenters. The number of carbonyl (C=O) groups excluding carboxylic acids is 3. The van der Waals surface area contributed by atoms with Crippen LogP contribution in [-0.2, 0) is 22.8 Å². The molecule has 308 valence electrons. The Morgan fingerprint density at radius 1 is 1.07 bits per heavy atom. The third-order valence-corrected chi connectivity index (χ3v) is 12.0. The van der Waals surface area contributed by atoms with E-state index in [0.29, 0.717) is 28.8 Å². The zero-order valence-electron chi connectivity index (χ0n) is 31.7. The Hall–Kier alpha value is -6.16. The van der Waals surface area contributed by atoms with Crippen molar-refractivity contribution >= 4 is 52.0 Å². The Balaban J connectivity index is 0.896. The molecule has 4 fully saturated rings. The minimum Gasteiger partial charge on any atom is -0.398 e. The number of alkyl halides is 5. The predicted octanol–water partition coefficient (Wildman–Crippen LogP) is 4.63. The Kier molecular flexibility index (Phi) is 9.80. The molecule has 4 aliphatic rings. The summed E-state index contributed by atoms with van der Waals surface area (Å²) in [6, 6.07) is 11.8. The number of nitrogens with two attached hydrogens (primary N) is 1. The number of amides is 3. The number of rotatable bonds is 8. The third-order valence-electron chi connectivity index (χ3n) is 12.0. The lowest BCUT2D eigenvalue weighted by atomic mass is 9.72. The van der Waals surface area contributed by atoms with Gasteiger partial charge in [0.15, 0.2) is 0 Å². The highest BCUT2D eigenvalue weighted by molar-refractivity contribution is 6.05. The largest absolute Gasteiger partial charge is 0.433 e. The summed E-state index contributed by atoms with van der Waals surface area (Å²) >= 11 is 0. The number of nitriles is 1. The van der Waals surface area contributed by atoms with Crippen LogP contribution >= 0.6 is 0 Å². The Labute approximate surface area is 333 Å². The number of anilines is 3. The molecule has 0 bridgehead atoms. The average Bonchev–Trinajstić information content (AvgIpc) is 3.44. The van der Waals surface area contributed by atoms with Crippen LogP contribution in [0.3, 0.4) is 0 Å². The number of aromatic nitrogens is 3. The van der Waals surface area contributed by atoms with Crippen LogP contribution in [0.25, 0.3) is 11.0 Å². The molecule has 59 heavy (non-hydrogen) atoms. The third kappa shape index (κ3) is 6.98. The summed E-state index contributed by atoms with van der Waals surface area (Å²) in [5.74, 6) is -4.64. The van der Waals surface area contributed by atoms with E-state index in [1.54, 1.807) is 36.4 Å². The van der Waals surface area contributed by atoms with E-state index in [0.717, 1.165) is 43.9 Å². The number of nitrogen functional groups attached to an aromatic ring is 1. The number of benzene rings is 2. The van der Waals surface area contributed by atoms with Crippen LogP contribution in [0.1, 0.15) is 71.9 Å². The molecule has 3 saturated heterocycles. The summed E-state index contributed by atoms with van der Waals surface area (Å²) in [4.78, 5) is 62.6. The highest BCUT2D eigenvalue weighted by Crippen LogP contribution is 2.53. The van der Waals surface area contributed by atoms with Gasteiger partial charge in [-0.25, -0.2) is 18.6 Å². The molecule has 2 aromatic heterocycles. The topological polar surface area (TPSA) is 184 Å². The van der Waals surface area contributed by atoms with Gasteiger partial charge in [0.25, 0.3) is 11.8 Å². The van der Waals surface area contributed by atoms with Crippen LogP contribution in [-0.4, -0.2) is 86.6 Å². The molecule has 8 rings (SSSR count). The molecule has 19 heteroatoms. The van der Waals surface area contributed by atoms with E-state index in [1.165, 1.54) is 21.3 Å². The van der Waals surface area contributed by atoms with Gasteiger partial charge in [0.2, 0.25) is 11.8 Å². The van der Waals surface area contributed by atoms with Gasteiger partial charge in [-0.2, -0.15) is 18.4 Å². The minimum atomic E-state index is -4.75. The fourth-order valence-electron chi connectivity index (χ4n) is 8.88. The average molecular weight is 819 g/mol. The summed E-state index contributed by atoms with van der Waals surface area (Å²) in [6.45, 7) is 0.391.